The van der Waals surface area contributed by atoms with E-state index in [1.54, 1.807) is 18.2 Å². The van der Waals surface area contributed by atoms with E-state index in [4.69, 9.17) is 28.3 Å². The van der Waals surface area contributed by atoms with Crippen LogP contribution in [0.2, 0.25) is 10.0 Å². The second-order valence-corrected chi connectivity index (χ2v) is 4.47. The van der Waals surface area contributed by atoms with E-state index in [2.05, 4.69) is 5.32 Å². The number of aliphatic hydroxyl groups is 1. The highest BCUT2D eigenvalue weighted by Crippen LogP contribution is 2.25. The lowest BCUT2D eigenvalue weighted by molar-refractivity contribution is -0.139. The van der Waals surface area contributed by atoms with E-state index in [1.807, 2.05) is 0 Å². The molecule has 0 heterocycles. The van der Waals surface area contributed by atoms with Gasteiger partial charge in [0.05, 0.1) is 16.1 Å². The number of carboxylic acid groups (broad SMARTS) is 1. The maximum Gasteiger partial charge on any atom is 0.320 e. The van der Waals surface area contributed by atoms with Gasteiger partial charge in [0.15, 0.2) is 0 Å². The van der Waals surface area contributed by atoms with E-state index in [-0.39, 0.29) is 6.54 Å². The highest BCUT2D eigenvalue weighted by Gasteiger charge is 2.14. The number of aliphatic hydroxyl groups excluding tert-OH is 1. The predicted molar refractivity (Wildman–Crippen MR) is 66.5 cm³/mol. The summed E-state index contributed by atoms with van der Waals surface area (Å²) in [6, 6.07) is 4.07. The molecule has 0 fully saturated rings. The highest BCUT2D eigenvalue weighted by atomic mass is 35.5. The number of aliphatic carboxylic acids is 1. The van der Waals surface area contributed by atoms with E-state index >= 15 is 0 Å². The van der Waals surface area contributed by atoms with Crippen molar-refractivity contribution in [3.63, 3.8) is 0 Å². The summed E-state index contributed by atoms with van der Waals surface area (Å²) in [5.41, 5.74) is 0.587. The average Bonchev–Trinajstić information content (AvgIpc) is 2.28. The molecule has 3 N–H and O–H groups in total. The monoisotopic (exact) mass is 277 g/mol. The third-order valence-corrected chi connectivity index (χ3v) is 3.06. The first kappa shape index (κ1) is 14.3. The molecule has 1 aromatic carbocycles. The first-order valence-corrected chi connectivity index (χ1v) is 5.76. The first-order valence-electron chi connectivity index (χ1n) is 5.01. The third-order valence-electron chi connectivity index (χ3n) is 2.32. The molecular formula is C11H13Cl2NO3. The molecule has 0 saturated carbocycles. The van der Waals surface area contributed by atoms with Gasteiger partial charge in [0.1, 0.15) is 6.04 Å². The molecule has 0 aliphatic rings. The molecule has 0 amide bonds. The van der Waals surface area contributed by atoms with Gasteiger partial charge >= 0.3 is 5.97 Å². The minimum Gasteiger partial charge on any atom is -0.480 e. The molecule has 2 unspecified atom stereocenters. The van der Waals surface area contributed by atoms with Crippen molar-refractivity contribution in [2.75, 3.05) is 6.54 Å². The largest absolute Gasteiger partial charge is 0.480 e. The van der Waals surface area contributed by atoms with Crippen molar-refractivity contribution < 1.29 is 15.0 Å². The van der Waals surface area contributed by atoms with Gasteiger partial charge in [-0.15, -0.1) is 0 Å². The lowest BCUT2D eigenvalue weighted by Gasteiger charge is -2.15. The molecule has 6 heteroatoms. The van der Waals surface area contributed by atoms with Crippen LogP contribution in [0.15, 0.2) is 18.2 Å². The molecule has 0 saturated heterocycles. The van der Waals surface area contributed by atoms with Crippen molar-refractivity contribution in [1.82, 2.24) is 5.32 Å². The average molecular weight is 278 g/mol. The summed E-state index contributed by atoms with van der Waals surface area (Å²) < 4.78 is 0. The number of carboxylic acids is 1. The first-order chi connectivity index (χ1) is 7.91. The van der Waals surface area contributed by atoms with Gasteiger partial charge in [0.2, 0.25) is 0 Å². The topological polar surface area (TPSA) is 69.6 Å². The Morgan fingerprint density at radius 1 is 1.41 bits per heavy atom. The number of hydrogen-bond acceptors (Lipinski definition) is 3. The fourth-order valence-electron chi connectivity index (χ4n) is 1.21. The molecule has 0 aromatic heterocycles. The number of benzene rings is 1. The Kier molecular flexibility index (Phi) is 5.21. The minimum absolute atomic E-state index is 0.130. The van der Waals surface area contributed by atoms with Crippen LogP contribution in [0.3, 0.4) is 0 Å². The molecule has 4 nitrogen and oxygen atoms in total. The SMILES string of the molecule is CC(NCC(O)c1ccc(Cl)c(Cl)c1)C(=O)O. The molecule has 17 heavy (non-hydrogen) atoms. The van der Waals surface area contributed by atoms with Gasteiger partial charge in [0, 0.05) is 6.54 Å². The summed E-state index contributed by atoms with van der Waals surface area (Å²) >= 11 is 11.6. The molecule has 0 bridgehead atoms. The molecule has 1 rings (SSSR count). The van der Waals surface area contributed by atoms with Gasteiger partial charge < -0.3 is 15.5 Å². The molecule has 0 aliphatic heterocycles. The summed E-state index contributed by atoms with van der Waals surface area (Å²) in [6.45, 7) is 1.63. The lowest BCUT2D eigenvalue weighted by atomic mass is 10.1. The molecule has 0 aliphatic carbocycles. The smallest absolute Gasteiger partial charge is 0.320 e. The molecule has 1 aromatic rings. The van der Waals surface area contributed by atoms with E-state index in [0.717, 1.165) is 0 Å². The summed E-state index contributed by atoms with van der Waals surface area (Å²) in [5.74, 6) is -0.966. The molecule has 94 valence electrons. The molecular weight excluding hydrogens is 265 g/mol. The van der Waals surface area contributed by atoms with Crippen molar-refractivity contribution in [2.24, 2.45) is 0 Å². The zero-order chi connectivity index (χ0) is 13.0. The molecule has 0 radical (unpaired) electrons. The maximum atomic E-state index is 10.6. The predicted octanol–water partition coefficient (Wildman–Crippen LogP) is 2.09. The van der Waals surface area contributed by atoms with Crippen molar-refractivity contribution in [2.45, 2.75) is 19.1 Å². The summed E-state index contributed by atoms with van der Waals surface area (Å²) in [5, 5.41) is 21.9. The maximum absolute atomic E-state index is 10.6. The van der Waals surface area contributed by atoms with Crippen LogP contribution in [0, 0.1) is 0 Å². The fourth-order valence-corrected chi connectivity index (χ4v) is 1.52. The quantitative estimate of drug-likeness (QED) is 0.771. The van der Waals surface area contributed by atoms with Crippen molar-refractivity contribution in [3.8, 4) is 0 Å². The zero-order valence-corrected chi connectivity index (χ0v) is 10.7. The van der Waals surface area contributed by atoms with Gasteiger partial charge in [-0.3, -0.25) is 4.79 Å². The Morgan fingerprint density at radius 2 is 2.06 bits per heavy atom. The van der Waals surface area contributed by atoms with Crippen LogP contribution in [0.1, 0.15) is 18.6 Å². The third kappa shape index (κ3) is 4.16. The fraction of sp³-hybridized carbons (Fsp3) is 0.364. The van der Waals surface area contributed by atoms with Crippen LogP contribution in [0.4, 0.5) is 0 Å². The number of halogens is 2. The minimum atomic E-state index is -0.966. The number of carbonyl (C=O) groups is 1. The summed E-state index contributed by atoms with van der Waals surface area (Å²) in [6.07, 6.45) is -0.827. The Balaban J connectivity index is 2.60. The van der Waals surface area contributed by atoms with Crippen LogP contribution in [0.5, 0.6) is 0 Å². The Bertz CT molecular complexity index is 412. The van der Waals surface area contributed by atoms with Gasteiger partial charge in [-0.1, -0.05) is 29.3 Å². The number of hydrogen-bond donors (Lipinski definition) is 3. The van der Waals surface area contributed by atoms with E-state index in [1.165, 1.54) is 6.92 Å². The van der Waals surface area contributed by atoms with Gasteiger partial charge in [-0.05, 0) is 24.6 Å². The second kappa shape index (κ2) is 6.21. The Hall–Kier alpha value is -0.810. The van der Waals surface area contributed by atoms with Crippen LogP contribution in [-0.4, -0.2) is 28.8 Å². The van der Waals surface area contributed by atoms with E-state index < -0.39 is 18.1 Å². The van der Waals surface area contributed by atoms with E-state index in [9.17, 15) is 9.90 Å². The lowest BCUT2D eigenvalue weighted by Crippen LogP contribution is -2.36. The number of rotatable bonds is 5. The van der Waals surface area contributed by atoms with Crippen LogP contribution in [-0.2, 0) is 4.79 Å². The Labute approximate surface area is 109 Å². The van der Waals surface area contributed by atoms with Crippen LogP contribution >= 0.6 is 23.2 Å². The second-order valence-electron chi connectivity index (χ2n) is 3.66. The standard InChI is InChI=1S/C11H13Cl2NO3/c1-6(11(16)17)14-5-10(15)7-2-3-8(12)9(13)4-7/h2-4,6,10,14-15H,5H2,1H3,(H,16,17). The molecule has 2 atom stereocenters. The highest BCUT2D eigenvalue weighted by molar-refractivity contribution is 6.42. The number of nitrogens with one attached hydrogen (secondary N) is 1. The zero-order valence-electron chi connectivity index (χ0n) is 9.15. The van der Waals surface area contributed by atoms with Crippen molar-refractivity contribution >= 4 is 29.2 Å². The summed E-state index contributed by atoms with van der Waals surface area (Å²) in [4.78, 5) is 10.6. The van der Waals surface area contributed by atoms with Gasteiger partial charge in [-0.25, -0.2) is 0 Å². The van der Waals surface area contributed by atoms with Crippen molar-refractivity contribution in [3.05, 3.63) is 33.8 Å². The normalized spacial score (nSPS) is 14.4. The molecule has 0 spiro atoms. The summed E-state index contributed by atoms with van der Waals surface area (Å²) in [7, 11) is 0. The van der Waals surface area contributed by atoms with Crippen LogP contribution < -0.4 is 5.32 Å². The Morgan fingerprint density at radius 3 is 2.59 bits per heavy atom. The van der Waals surface area contributed by atoms with E-state index in [0.29, 0.717) is 15.6 Å². The van der Waals surface area contributed by atoms with Gasteiger partial charge in [0.25, 0.3) is 0 Å². The van der Waals surface area contributed by atoms with Crippen LogP contribution in [0.25, 0.3) is 0 Å². The van der Waals surface area contributed by atoms with Gasteiger partial charge in [-0.2, -0.15) is 0 Å². The van der Waals surface area contributed by atoms with Crippen molar-refractivity contribution in [1.29, 1.82) is 0 Å².